The SMILES string of the molecule is Cc1cc(-c2[c-]ccc3c2oc2nc(-c4c(C(C)C)cc(-c5ccccc5)cc4C(C)C)ccc23)ncc1C(C(C)C)C(C)C.[Ir].[c-]1ccccc1-c1ccccn1. The maximum absolute atomic E-state index is 6.61. The normalized spacial score (nSPS) is 11.5. The van der Waals surface area contributed by atoms with E-state index in [1.807, 2.05) is 48.5 Å². The third-order valence-corrected chi connectivity index (χ3v) is 11.0. The van der Waals surface area contributed by atoms with Gasteiger partial charge in [-0.3, -0.25) is 0 Å². The fraction of sp³-hybridized carbons (Fsp3) is 0.264. The Hall–Kier alpha value is -5.22. The van der Waals surface area contributed by atoms with Gasteiger partial charge in [0, 0.05) is 43.4 Å². The smallest absolute Gasteiger partial charge is 0.216 e. The van der Waals surface area contributed by atoms with Gasteiger partial charge < -0.3 is 14.4 Å². The van der Waals surface area contributed by atoms with Crippen molar-refractivity contribution < 1.29 is 24.5 Å². The van der Waals surface area contributed by atoms with Crippen LogP contribution in [0.1, 0.15) is 95.4 Å². The summed E-state index contributed by atoms with van der Waals surface area (Å²) in [5.41, 5.74) is 15.0. The van der Waals surface area contributed by atoms with Crippen LogP contribution in [-0.4, -0.2) is 15.0 Å². The first-order valence-electron chi connectivity index (χ1n) is 20.3. The van der Waals surface area contributed by atoms with Crippen molar-refractivity contribution in [1.29, 1.82) is 0 Å². The van der Waals surface area contributed by atoms with Gasteiger partial charge in [-0.2, -0.15) is 0 Å². The fourth-order valence-corrected chi connectivity index (χ4v) is 8.26. The van der Waals surface area contributed by atoms with Gasteiger partial charge in [0.1, 0.15) is 0 Å². The molecular formula is C53H53IrN3O-2. The van der Waals surface area contributed by atoms with Crippen molar-refractivity contribution in [1.82, 2.24) is 15.0 Å². The minimum Gasteiger partial charge on any atom is -0.486 e. The van der Waals surface area contributed by atoms with Gasteiger partial charge in [0.15, 0.2) is 0 Å². The van der Waals surface area contributed by atoms with E-state index >= 15 is 0 Å². The molecule has 4 aromatic heterocycles. The van der Waals surface area contributed by atoms with Crippen LogP contribution in [0.25, 0.3) is 67.0 Å². The number of aryl methyl sites for hydroxylation is 1. The summed E-state index contributed by atoms with van der Waals surface area (Å²) in [6.07, 6.45) is 3.86. The summed E-state index contributed by atoms with van der Waals surface area (Å²) in [6.45, 7) is 20.5. The Morgan fingerprint density at radius 1 is 0.569 bits per heavy atom. The molecule has 0 saturated heterocycles. The van der Waals surface area contributed by atoms with Gasteiger partial charge in [-0.25, -0.2) is 4.98 Å². The molecule has 0 saturated carbocycles. The minimum atomic E-state index is 0. The van der Waals surface area contributed by atoms with Crippen LogP contribution in [0, 0.1) is 30.9 Å². The standard InChI is InChI=1S/C42H45N2O.C11H8N.Ir/c1-24(2)34-21-30(29-14-11-10-12-15-29)22-35(25(3)4)40(34)37-19-18-32-31-16-13-17-33(41(31)45-42(32)44-37)38-20-28(9)36(23-43-38)39(26(5)6)27(7)8;1-2-6-10(7-3-1)11-8-4-5-9-12-11;/h10-16,18-27,39H,1-9H3;1-6,8-9H;/q2*-1;. The first kappa shape index (κ1) is 42.4. The Bertz CT molecular complexity index is 2520. The molecule has 0 N–H and O–H groups in total. The number of pyridine rings is 3. The Balaban J connectivity index is 0.000000372. The van der Waals surface area contributed by atoms with Crippen molar-refractivity contribution in [2.75, 3.05) is 0 Å². The van der Waals surface area contributed by atoms with E-state index in [1.54, 1.807) is 6.20 Å². The van der Waals surface area contributed by atoms with Crippen LogP contribution in [0.3, 0.4) is 0 Å². The Kier molecular flexibility index (Phi) is 13.6. The first-order chi connectivity index (χ1) is 27.5. The topological polar surface area (TPSA) is 51.8 Å². The summed E-state index contributed by atoms with van der Waals surface area (Å²) in [5, 5.41) is 2.05. The Labute approximate surface area is 358 Å². The van der Waals surface area contributed by atoms with E-state index < -0.39 is 0 Å². The number of nitrogens with zero attached hydrogens (tertiary/aromatic N) is 3. The zero-order chi connectivity index (χ0) is 40.2. The molecule has 8 aromatic rings. The van der Waals surface area contributed by atoms with Crippen LogP contribution in [0.2, 0.25) is 0 Å². The third kappa shape index (κ3) is 8.92. The molecule has 0 aliphatic heterocycles. The van der Waals surface area contributed by atoms with Gasteiger partial charge in [0.25, 0.3) is 0 Å². The van der Waals surface area contributed by atoms with Gasteiger partial charge in [-0.05, 0) is 93.9 Å². The average molecular weight is 940 g/mol. The monoisotopic (exact) mass is 940 g/mol. The summed E-state index contributed by atoms with van der Waals surface area (Å²) in [5.74, 6) is 2.22. The van der Waals surface area contributed by atoms with Crippen LogP contribution in [0.15, 0.2) is 132 Å². The molecule has 0 unspecified atom stereocenters. The molecule has 297 valence electrons. The van der Waals surface area contributed by atoms with Gasteiger partial charge in [0.05, 0.1) is 11.3 Å². The summed E-state index contributed by atoms with van der Waals surface area (Å²) >= 11 is 0. The molecule has 4 aromatic carbocycles. The molecule has 0 bridgehead atoms. The van der Waals surface area contributed by atoms with Crippen LogP contribution < -0.4 is 0 Å². The number of hydrogen-bond donors (Lipinski definition) is 0. The van der Waals surface area contributed by atoms with Crippen molar-refractivity contribution >= 4 is 22.1 Å². The number of furan rings is 1. The van der Waals surface area contributed by atoms with Crippen molar-refractivity contribution in [3.05, 3.63) is 162 Å². The molecule has 0 atom stereocenters. The van der Waals surface area contributed by atoms with Crippen LogP contribution >= 0.6 is 0 Å². The molecule has 0 aliphatic carbocycles. The number of hydrogen-bond acceptors (Lipinski definition) is 4. The van der Waals surface area contributed by atoms with E-state index in [1.165, 1.54) is 38.9 Å². The second-order valence-electron chi connectivity index (χ2n) is 16.4. The predicted molar refractivity (Wildman–Crippen MR) is 238 cm³/mol. The molecule has 8 rings (SSSR count). The largest absolute Gasteiger partial charge is 0.486 e. The second-order valence-corrected chi connectivity index (χ2v) is 16.4. The molecule has 4 heterocycles. The van der Waals surface area contributed by atoms with Crippen LogP contribution in [-0.2, 0) is 20.1 Å². The number of benzene rings is 4. The fourth-order valence-electron chi connectivity index (χ4n) is 8.26. The Morgan fingerprint density at radius 3 is 1.86 bits per heavy atom. The third-order valence-electron chi connectivity index (χ3n) is 11.0. The average Bonchev–Trinajstić information content (AvgIpc) is 3.60. The van der Waals surface area contributed by atoms with E-state index in [0.29, 0.717) is 35.3 Å². The van der Waals surface area contributed by atoms with Crippen molar-refractivity contribution in [2.45, 2.75) is 80.1 Å². The van der Waals surface area contributed by atoms with Crippen LogP contribution in [0.5, 0.6) is 0 Å². The van der Waals surface area contributed by atoms with E-state index in [0.717, 1.165) is 44.6 Å². The second kappa shape index (κ2) is 18.6. The van der Waals surface area contributed by atoms with Crippen molar-refractivity contribution in [3.63, 3.8) is 0 Å². The van der Waals surface area contributed by atoms with Gasteiger partial charge in [0.2, 0.25) is 5.71 Å². The van der Waals surface area contributed by atoms with E-state index in [4.69, 9.17) is 14.4 Å². The van der Waals surface area contributed by atoms with E-state index in [2.05, 4.69) is 152 Å². The maximum Gasteiger partial charge on any atom is 0.216 e. The van der Waals surface area contributed by atoms with Gasteiger partial charge in [-0.15, -0.1) is 54.1 Å². The Morgan fingerprint density at radius 2 is 1.26 bits per heavy atom. The van der Waals surface area contributed by atoms with Crippen LogP contribution in [0.4, 0.5) is 0 Å². The molecule has 4 nitrogen and oxygen atoms in total. The van der Waals surface area contributed by atoms with Gasteiger partial charge in [-0.1, -0.05) is 133 Å². The van der Waals surface area contributed by atoms with E-state index in [-0.39, 0.29) is 20.1 Å². The molecule has 1 radical (unpaired) electrons. The molecule has 0 aliphatic rings. The molecular weight excluding hydrogens is 887 g/mol. The molecule has 5 heteroatoms. The predicted octanol–water partition coefficient (Wildman–Crippen LogP) is 14.7. The molecule has 0 fully saturated rings. The maximum atomic E-state index is 6.61. The molecule has 58 heavy (non-hydrogen) atoms. The zero-order valence-corrected chi connectivity index (χ0v) is 37.5. The van der Waals surface area contributed by atoms with Gasteiger partial charge >= 0.3 is 0 Å². The van der Waals surface area contributed by atoms with Crippen molar-refractivity contribution in [2.24, 2.45) is 11.8 Å². The van der Waals surface area contributed by atoms with E-state index in [9.17, 15) is 0 Å². The number of rotatable bonds is 9. The number of fused-ring (bicyclic) bond motifs is 3. The zero-order valence-electron chi connectivity index (χ0n) is 35.1. The quantitative estimate of drug-likeness (QED) is 0.135. The summed E-state index contributed by atoms with van der Waals surface area (Å²) in [4.78, 5) is 14.4. The molecule has 0 amide bonds. The summed E-state index contributed by atoms with van der Waals surface area (Å²) in [7, 11) is 0. The summed E-state index contributed by atoms with van der Waals surface area (Å²) < 4.78 is 6.61. The summed E-state index contributed by atoms with van der Waals surface area (Å²) in [6, 6.07) is 46.2. The number of aromatic nitrogens is 3. The minimum absolute atomic E-state index is 0. The first-order valence-corrected chi connectivity index (χ1v) is 20.3. The molecule has 0 spiro atoms. The van der Waals surface area contributed by atoms with Crippen molar-refractivity contribution in [3.8, 4) is 44.9 Å².